The lowest BCUT2D eigenvalue weighted by molar-refractivity contribution is 0.0950. The molecular formula is C22H24N4O5. The highest BCUT2D eigenvalue weighted by Crippen LogP contribution is 2.32. The molecule has 9 nitrogen and oxygen atoms in total. The Bertz CT molecular complexity index is 1080. The molecule has 0 saturated heterocycles. The van der Waals surface area contributed by atoms with Crippen LogP contribution in [0.4, 0.5) is 0 Å². The number of benzene rings is 2. The van der Waals surface area contributed by atoms with E-state index in [-0.39, 0.29) is 5.69 Å². The highest BCUT2D eigenvalue weighted by Gasteiger charge is 2.13. The molecule has 162 valence electrons. The van der Waals surface area contributed by atoms with Crippen molar-refractivity contribution in [2.45, 2.75) is 6.92 Å². The number of hydrazone groups is 1. The lowest BCUT2D eigenvalue weighted by atomic mass is 10.1. The van der Waals surface area contributed by atoms with Crippen molar-refractivity contribution < 1.29 is 23.7 Å². The molecule has 0 aliphatic rings. The van der Waals surface area contributed by atoms with Crippen LogP contribution < -0.4 is 24.4 Å². The van der Waals surface area contributed by atoms with Gasteiger partial charge in [-0.15, -0.1) is 0 Å². The molecule has 3 aromatic rings. The minimum Gasteiger partial charge on any atom is -0.493 e. The Morgan fingerprint density at radius 1 is 1.00 bits per heavy atom. The van der Waals surface area contributed by atoms with E-state index >= 15 is 0 Å². The van der Waals surface area contributed by atoms with E-state index in [9.17, 15) is 4.79 Å². The van der Waals surface area contributed by atoms with E-state index in [1.807, 2.05) is 13.0 Å². The van der Waals surface area contributed by atoms with Gasteiger partial charge in [0.15, 0.2) is 23.0 Å². The molecule has 0 aliphatic carbocycles. The summed E-state index contributed by atoms with van der Waals surface area (Å²) in [6.45, 7) is 2.44. The molecule has 9 heteroatoms. The third-order valence-electron chi connectivity index (χ3n) is 4.37. The first-order valence-electron chi connectivity index (χ1n) is 9.51. The van der Waals surface area contributed by atoms with Crippen LogP contribution in [0.5, 0.6) is 23.0 Å². The number of amides is 1. The molecule has 0 saturated carbocycles. The van der Waals surface area contributed by atoms with Gasteiger partial charge >= 0.3 is 0 Å². The molecule has 2 aromatic carbocycles. The second-order valence-electron chi connectivity index (χ2n) is 6.28. The van der Waals surface area contributed by atoms with Crippen LogP contribution in [0.2, 0.25) is 0 Å². The monoisotopic (exact) mass is 424 g/mol. The Hall–Kier alpha value is -4.01. The fourth-order valence-electron chi connectivity index (χ4n) is 2.85. The van der Waals surface area contributed by atoms with Crippen molar-refractivity contribution in [3.8, 4) is 34.3 Å². The summed E-state index contributed by atoms with van der Waals surface area (Å²) in [5, 5.41) is 10.9. The number of carbonyl (C=O) groups excluding carboxylic acids is 1. The fraction of sp³-hybridized carbons (Fsp3) is 0.227. The van der Waals surface area contributed by atoms with Crippen LogP contribution >= 0.6 is 0 Å². The summed E-state index contributed by atoms with van der Waals surface area (Å²) in [5.74, 6) is 1.99. The maximum atomic E-state index is 12.4. The van der Waals surface area contributed by atoms with Gasteiger partial charge in [0.2, 0.25) is 0 Å². The van der Waals surface area contributed by atoms with Crippen molar-refractivity contribution in [2.75, 3.05) is 27.9 Å². The van der Waals surface area contributed by atoms with Gasteiger partial charge in [0.25, 0.3) is 5.91 Å². The Morgan fingerprint density at radius 3 is 2.42 bits per heavy atom. The van der Waals surface area contributed by atoms with Crippen molar-refractivity contribution in [1.82, 2.24) is 15.6 Å². The number of carbonyl (C=O) groups is 1. The van der Waals surface area contributed by atoms with E-state index in [0.29, 0.717) is 35.3 Å². The standard InChI is InChI=1S/C22H24N4O5/c1-5-31-19-9-7-15(11-21(19)30-4)16-12-17(25-24-16)22(27)26-23-13-14-6-8-18(28-2)20(10-14)29-3/h6-13H,5H2,1-4H3,(H,24,25)(H,26,27)/b23-13+. The van der Waals surface area contributed by atoms with Gasteiger partial charge in [0.05, 0.1) is 39.8 Å². The number of aromatic nitrogens is 2. The van der Waals surface area contributed by atoms with Crippen molar-refractivity contribution in [3.05, 3.63) is 53.7 Å². The molecule has 1 heterocycles. The average molecular weight is 424 g/mol. The molecule has 0 bridgehead atoms. The largest absolute Gasteiger partial charge is 0.493 e. The normalized spacial score (nSPS) is 10.7. The zero-order valence-electron chi connectivity index (χ0n) is 17.8. The van der Waals surface area contributed by atoms with Gasteiger partial charge in [0, 0.05) is 5.56 Å². The second-order valence-corrected chi connectivity index (χ2v) is 6.28. The third-order valence-corrected chi connectivity index (χ3v) is 4.37. The number of rotatable bonds is 9. The summed E-state index contributed by atoms with van der Waals surface area (Å²) in [5.41, 5.74) is 4.86. The molecule has 31 heavy (non-hydrogen) atoms. The van der Waals surface area contributed by atoms with Crippen LogP contribution in [0.25, 0.3) is 11.3 Å². The number of H-pyrrole nitrogens is 1. The molecule has 1 aromatic heterocycles. The number of nitrogens with zero attached hydrogens (tertiary/aromatic N) is 2. The van der Waals surface area contributed by atoms with Crippen LogP contribution in [0.15, 0.2) is 47.6 Å². The summed E-state index contributed by atoms with van der Waals surface area (Å²) in [4.78, 5) is 12.4. The van der Waals surface area contributed by atoms with Gasteiger partial charge < -0.3 is 18.9 Å². The molecule has 0 aliphatic heterocycles. The van der Waals surface area contributed by atoms with E-state index in [2.05, 4.69) is 20.7 Å². The summed E-state index contributed by atoms with van der Waals surface area (Å²) in [6.07, 6.45) is 1.51. The van der Waals surface area contributed by atoms with Gasteiger partial charge in [-0.2, -0.15) is 10.2 Å². The van der Waals surface area contributed by atoms with E-state index in [1.54, 1.807) is 57.7 Å². The Labute approximate surface area is 180 Å². The maximum Gasteiger partial charge on any atom is 0.289 e. The summed E-state index contributed by atoms with van der Waals surface area (Å²) < 4.78 is 21.3. The number of hydrogen-bond donors (Lipinski definition) is 2. The van der Waals surface area contributed by atoms with Crippen molar-refractivity contribution in [3.63, 3.8) is 0 Å². The molecular weight excluding hydrogens is 400 g/mol. The number of nitrogens with one attached hydrogen (secondary N) is 2. The SMILES string of the molecule is CCOc1ccc(-c2cc(C(=O)N/N=C/c3ccc(OC)c(OC)c3)[nH]n2)cc1OC. The molecule has 0 radical (unpaired) electrons. The van der Waals surface area contributed by atoms with Gasteiger partial charge in [-0.25, -0.2) is 5.43 Å². The molecule has 1 amide bonds. The van der Waals surface area contributed by atoms with Crippen LogP contribution in [0.1, 0.15) is 23.0 Å². The van der Waals surface area contributed by atoms with E-state index in [0.717, 1.165) is 11.1 Å². The quantitative estimate of drug-likeness (QED) is 0.403. The van der Waals surface area contributed by atoms with Crippen LogP contribution in [-0.4, -0.2) is 50.3 Å². The smallest absolute Gasteiger partial charge is 0.289 e. The van der Waals surface area contributed by atoms with Crippen LogP contribution in [0.3, 0.4) is 0 Å². The topological polar surface area (TPSA) is 107 Å². The third kappa shape index (κ3) is 5.13. The van der Waals surface area contributed by atoms with Gasteiger partial charge in [-0.3, -0.25) is 9.89 Å². The van der Waals surface area contributed by atoms with Crippen molar-refractivity contribution in [2.24, 2.45) is 5.10 Å². The van der Waals surface area contributed by atoms with Crippen LogP contribution in [-0.2, 0) is 0 Å². The zero-order chi connectivity index (χ0) is 22.2. The summed E-state index contributed by atoms with van der Waals surface area (Å²) in [6, 6.07) is 12.4. The van der Waals surface area contributed by atoms with Gasteiger partial charge in [-0.05, 0) is 55.0 Å². The first-order valence-corrected chi connectivity index (χ1v) is 9.51. The average Bonchev–Trinajstić information content (AvgIpc) is 3.29. The zero-order valence-corrected chi connectivity index (χ0v) is 17.8. The number of ether oxygens (including phenoxy) is 4. The Balaban J connectivity index is 1.69. The van der Waals surface area contributed by atoms with Crippen LogP contribution in [0, 0.1) is 0 Å². The van der Waals surface area contributed by atoms with Crippen molar-refractivity contribution >= 4 is 12.1 Å². The predicted octanol–water partition coefficient (Wildman–Crippen LogP) is 3.27. The lowest BCUT2D eigenvalue weighted by Gasteiger charge is -2.09. The lowest BCUT2D eigenvalue weighted by Crippen LogP contribution is -2.18. The highest BCUT2D eigenvalue weighted by atomic mass is 16.5. The predicted molar refractivity (Wildman–Crippen MR) is 116 cm³/mol. The molecule has 2 N–H and O–H groups in total. The molecule has 0 fully saturated rings. The van der Waals surface area contributed by atoms with Gasteiger partial charge in [-0.1, -0.05) is 0 Å². The molecule has 3 rings (SSSR count). The molecule has 0 unspecified atom stereocenters. The van der Waals surface area contributed by atoms with E-state index < -0.39 is 5.91 Å². The first kappa shape index (κ1) is 21.7. The molecule has 0 atom stereocenters. The maximum absolute atomic E-state index is 12.4. The Kier molecular flexibility index (Phi) is 7.10. The van der Waals surface area contributed by atoms with Gasteiger partial charge in [0.1, 0.15) is 5.69 Å². The number of hydrogen-bond acceptors (Lipinski definition) is 7. The second kappa shape index (κ2) is 10.1. The Morgan fingerprint density at radius 2 is 1.71 bits per heavy atom. The number of aromatic amines is 1. The number of methoxy groups -OCH3 is 3. The molecule has 0 spiro atoms. The summed E-state index contributed by atoms with van der Waals surface area (Å²) in [7, 11) is 4.69. The van der Waals surface area contributed by atoms with E-state index in [4.69, 9.17) is 18.9 Å². The van der Waals surface area contributed by atoms with E-state index in [1.165, 1.54) is 6.21 Å². The minimum atomic E-state index is -0.423. The fourth-order valence-corrected chi connectivity index (χ4v) is 2.85. The first-order chi connectivity index (χ1) is 15.1. The van der Waals surface area contributed by atoms with Crippen molar-refractivity contribution in [1.29, 1.82) is 0 Å². The highest BCUT2D eigenvalue weighted by molar-refractivity contribution is 5.94. The minimum absolute atomic E-state index is 0.271. The summed E-state index contributed by atoms with van der Waals surface area (Å²) >= 11 is 0.